The van der Waals surface area contributed by atoms with Crippen molar-refractivity contribution in [1.82, 2.24) is 24.3 Å². The van der Waals surface area contributed by atoms with Crippen molar-refractivity contribution < 1.29 is 14.7 Å². The van der Waals surface area contributed by atoms with Gasteiger partial charge in [-0.2, -0.15) is 0 Å². The summed E-state index contributed by atoms with van der Waals surface area (Å²) in [5.74, 6) is -0.850. The van der Waals surface area contributed by atoms with E-state index in [1.54, 1.807) is 23.0 Å². The second-order valence-corrected chi connectivity index (χ2v) is 10.0. The summed E-state index contributed by atoms with van der Waals surface area (Å²) in [6.45, 7) is 2.33. The minimum Gasteiger partial charge on any atom is -0.396 e. The molecule has 3 aliphatic rings. The molecule has 0 radical (unpaired) electrons. The summed E-state index contributed by atoms with van der Waals surface area (Å²) in [6.07, 6.45) is 10.4. The Morgan fingerprint density at radius 3 is 2.74 bits per heavy atom. The number of carbonyl (C=O) groups is 2. The van der Waals surface area contributed by atoms with Crippen LogP contribution in [0.1, 0.15) is 49.2 Å². The van der Waals surface area contributed by atoms with Gasteiger partial charge in [-0.25, -0.2) is 4.98 Å². The minimum absolute atomic E-state index is 0.0148. The second-order valence-electron chi connectivity index (χ2n) is 10.0. The van der Waals surface area contributed by atoms with Gasteiger partial charge >= 0.3 is 0 Å². The van der Waals surface area contributed by atoms with Crippen molar-refractivity contribution >= 4 is 17.9 Å². The highest BCUT2D eigenvalue weighted by atomic mass is 16.3. The van der Waals surface area contributed by atoms with Gasteiger partial charge < -0.3 is 24.5 Å². The van der Waals surface area contributed by atoms with Crippen LogP contribution in [0.2, 0.25) is 0 Å². The van der Waals surface area contributed by atoms with E-state index in [9.17, 15) is 19.5 Å². The third-order valence-electron chi connectivity index (χ3n) is 7.61. The van der Waals surface area contributed by atoms with Crippen LogP contribution in [0.25, 0.3) is 6.08 Å². The van der Waals surface area contributed by atoms with Gasteiger partial charge in [0.2, 0.25) is 11.8 Å². The van der Waals surface area contributed by atoms with E-state index in [4.69, 9.17) is 0 Å². The number of aliphatic hydroxyl groups is 1. The number of pyridine rings is 1. The van der Waals surface area contributed by atoms with Gasteiger partial charge in [-0.15, -0.1) is 0 Å². The topological polar surface area (TPSA) is 109 Å². The maximum Gasteiger partial charge on any atom is 0.258 e. The molecule has 1 aliphatic carbocycles. The van der Waals surface area contributed by atoms with Crippen LogP contribution >= 0.6 is 0 Å². The van der Waals surface area contributed by atoms with Gasteiger partial charge in [-0.1, -0.05) is 12.2 Å². The Balaban J connectivity index is 1.47. The van der Waals surface area contributed by atoms with E-state index >= 15 is 0 Å². The quantitative estimate of drug-likeness (QED) is 0.593. The van der Waals surface area contributed by atoms with Crippen molar-refractivity contribution in [3.05, 3.63) is 58.0 Å². The van der Waals surface area contributed by atoms with E-state index in [2.05, 4.69) is 10.3 Å². The Morgan fingerprint density at radius 1 is 1.29 bits per heavy atom. The van der Waals surface area contributed by atoms with Crippen LogP contribution in [0.3, 0.4) is 0 Å². The molecule has 2 fully saturated rings. The normalized spacial score (nSPS) is 25.2. The molecule has 4 atom stereocenters. The number of aryl methyl sites for hydroxylation is 1. The van der Waals surface area contributed by atoms with E-state index in [-0.39, 0.29) is 30.5 Å². The maximum absolute atomic E-state index is 13.5. The van der Waals surface area contributed by atoms with Crippen molar-refractivity contribution in [1.29, 1.82) is 0 Å². The van der Waals surface area contributed by atoms with E-state index in [1.165, 1.54) is 0 Å². The van der Waals surface area contributed by atoms with E-state index in [0.717, 1.165) is 18.5 Å². The molecule has 0 spiro atoms. The Hall–Kier alpha value is -3.20. The molecule has 1 saturated heterocycles. The molecule has 186 valence electrons. The van der Waals surface area contributed by atoms with Crippen LogP contribution in [0.4, 0.5) is 0 Å². The third-order valence-corrected chi connectivity index (χ3v) is 7.61. The molecule has 2 aliphatic heterocycles. The van der Waals surface area contributed by atoms with E-state index < -0.39 is 23.9 Å². The first-order chi connectivity index (χ1) is 16.9. The number of aromatic nitrogens is 3. The number of hydrogen-bond acceptors (Lipinski definition) is 5. The Morgan fingerprint density at radius 2 is 2.09 bits per heavy atom. The second kappa shape index (κ2) is 9.45. The fourth-order valence-corrected chi connectivity index (χ4v) is 5.77. The zero-order valence-electron chi connectivity index (χ0n) is 20.3. The van der Waals surface area contributed by atoms with Gasteiger partial charge in [0.25, 0.3) is 5.56 Å². The Kier molecular flexibility index (Phi) is 6.35. The lowest BCUT2D eigenvalue weighted by Gasteiger charge is -2.38. The number of carbonyl (C=O) groups excluding carboxylic acids is 2. The van der Waals surface area contributed by atoms with Crippen LogP contribution in [0.5, 0.6) is 0 Å². The van der Waals surface area contributed by atoms with Gasteiger partial charge in [0.1, 0.15) is 0 Å². The highest BCUT2D eigenvalue weighted by Crippen LogP contribution is 2.49. The molecule has 1 saturated carbocycles. The zero-order chi connectivity index (χ0) is 24.7. The molecule has 2 amide bonds. The van der Waals surface area contributed by atoms with Crippen LogP contribution in [-0.2, 0) is 29.6 Å². The van der Waals surface area contributed by atoms with E-state index in [0.29, 0.717) is 36.6 Å². The molecule has 2 aromatic rings. The lowest BCUT2D eigenvalue weighted by molar-refractivity contribution is -0.137. The first-order valence-corrected chi connectivity index (χ1v) is 12.5. The number of imidazole rings is 1. The number of nitrogens with one attached hydrogen (secondary N) is 1. The van der Waals surface area contributed by atoms with Gasteiger partial charge in [0, 0.05) is 63.0 Å². The van der Waals surface area contributed by atoms with Crippen molar-refractivity contribution in [2.45, 2.75) is 51.2 Å². The van der Waals surface area contributed by atoms with Crippen molar-refractivity contribution in [2.24, 2.45) is 24.8 Å². The average Bonchev–Trinajstić information content (AvgIpc) is 3.49. The molecule has 0 unspecified atom stereocenters. The first-order valence-electron chi connectivity index (χ1n) is 12.5. The number of amides is 2. The van der Waals surface area contributed by atoms with Gasteiger partial charge in [0.15, 0.2) is 0 Å². The summed E-state index contributed by atoms with van der Waals surface area (Å²) in [6, 6.07) is 2.66. The number of aliphatic hydroxyl groups excluding tert-OH is 1. The van der Waals surface area contributed by atoms with Crippen molar-refractivity contribution in [3.63, 3.8) is 0 Å². The smallest absolute Gasteiger partial charge is 0.258 e. The highest BCUT2D eigenvalue weighted by molar-refractivity contribution is 5.84. The minimum atomic E-state index is -0.627. The Bertz CT molecular complexity index is 1210. The molecule has 9 nitrogen and oxygen atoms in total. The molecule has 5 rings (SSSR count). The number of allylic oxidation sites excluding steroid dienone is 1. The van der Waals surface area contributed by atoms with Crippen molar-refractivity contribution in [3.8, 4) is 0 Å². The molecule has 2 N–H and O–H groups in total. The summed E-state index contributed by atoms with van der Waals surface area (Å²) in [7, 11) is 1.90. The molecule has 0 aromatic carbocycles. The number of nitrogens with zero attached hydrogens (tertiary/aromatic N) is 4. The fraction of sp³-hybridized carbons (Fsp3) is 0.538. The van der Waals surface area contributed by atoms with Gasteiger partial charge in [-0.3, -0.25) is 14.4 Å². The Labute approximate surface area is 204 Å². The largest absolute Gasteiger partial charge is 0.396 e. The SMILES string of the molecule is C/C=C/c1ccc2n(c1=O)C[C@H]1[C@H](CO)[C@@H](C(=O)NCCc3cn(C)cn3)[C@@H]2N1C(=O)CC1CC1. The summed E-state index contributed by atoms with van der Waals surface area (Å²) < 4.78 is 3.56. The summed E-state index contributed by atoms with van der Waals surface area (Å²) in [5, 5.41) is 13.4. The van der Waals surface area contributed by atoms with Crippen LogP contribution in [0.15, 0.2) is 35.5 Å². The maximum atomic E-state index is 13.5. The predicted molar refractivity (Wildman–Crippen MR) is 130 cm³/mol. The lowest BCUT2D eigenvalue weighted by Crippen LogP contribution is -2.49. The summed E-state index contributed by atoms with van der Waals surface area (Å²) >= 11 is 0. The molecular formula is C26H33N5O4. The molecule has 35 heavy (non-hydrogen) atoms. The van der Waals surface area contributed by atoms with E-state index in [1.807, 2.05) is 41.8 Å². The standard InChI is InChI=1S/C26H33N5O4/c1-3-4-17-7-8-20-24-23(25(34)27-10-9-18-12-29(2)15-28-18)19(14-32)21(13-30(20)26(17)35)31(24)22(33)11-16-5-6-16/h3-4,7-8,12,15-16,19,21,23-24,32H,5-6,9-11,13-14H2,1-2H3,(H,27,34)/b4-3+/t19-,21-,23+,24+/m0/s1. The molecule has 2 bridgehead atoms. The third kappa shape index (κ3) is 4.33. The molecular weight excluding hydrogens is 446 g/mol. The van der Waals surface area contributed by atoms with Gasteiger partial charge in [0.05, 0.1) is 30.0 Å². The molecule has 4 heterocycles. The monoisotopic (exact) mass is 479 g/mol. The first kappa shape index (κ1) is 23.5. The van der Waals surface area contributed by atoms with Crippen LogP contribution in [-0.4, -0.2) is 55.1 Å². The number of rotatable bonds is 8. The number of hydrogen-bond donors (Lipinski definition) is 2. The average molecular weight is 480 g/mol. The fourth-order valence-electron chi connectivity index (χ4n) is 5.77. The summed E-state index contributed by atoms with van der Waals surface area (Å²) in [4.78, 5) is 46.3. The van der Waals surface area contributed by atoms with Gasteiger partial charge in [-0.05, 0) is 37.8 Å². The molecule has 9 heteroatoms. The van der Waals surface area contributed by atoms with Crippen LogP contribution < -0.4 is 10.9 Å². The lowest BCUT2D eigenvalue weighted by atomic mass is 9.86. The highest BCUT2D eigenvalue weighted by Gasteiger charge is 2.57. The summed E-state index contributed by atoms with van der Waals surface area (Å²) in [5.41, 5.74) is 2.00. The van der Waals surface area contributed by atoms with Crippen molar-refractivity contribution in [2.75, 3.05) is 13.2 Å². The predicted octanol–water partition coefficient (Wildman–Crippen LogP) is 1.26. The molecule has 2 aromatic heterocycles. The number of fused-ring (bicyclic) bond motifs is 4. The van der Waals surface area contributed by atoms with Crippen LogP contribution in [0, 0.1) is 17.8 Å². The zero-order valence-corrected chi connectivity index (χ0v) is 20.3.